The smallest absolute Gasteiger partial charge is 0.189 e. The number of phenolic OH excluding ortho intramolecular Hbond substituents is 1. The number of phenols is 1. The highest BCUT2D eigenvalue weighted by atomic mass is 32.2. The number of aryl methyl sites for hydroxylation is 1. The second-order valence-corrected chi connectivity index (χ2v) is 9.32. The molecule has 4 rings (SSSR count). The Morgan fingerprint density at radius 1 is 0.700 bits per heavy atom. The maximum Gasteiger partial charge on any atom is 0.189 e. The Bertz CT molecular complexity index is 1240. The van der Waals surface area contributed by atoms with Crippen molar-refractivity contribution in [1.29, 1.82) is 0 Å². The molecular weight excluding hydrogens is 392 g/mol. The first kappa shape index (κ1) is 19.9. The van der Waals surface area contributed by atoms with Gasteiger partial charge in [-0.05, 0) is 53.4 Å². The zero-order valence-corrected chi connectivity index (χ0v) is 17.4. The highest BCUT2D eigenvalue weighted by molar-refractivity contribution is 7.92. The summed E-state index contributed by atoms with van der Waals surface area (Å²) in [6.45, 7) is 1.94. The molecule has 0 aliphatic heterocycles. The van der Waals surface area contributed by atoms with Gasteiger partial charge in [0, 0.05) is 0 Å². The van der Waals surface area contributed by atoms with E-state index in [0.717, 1.165) is 16.7 Å². The van der Waals surface area contributed by atoms with E-state index in [9.17, 15) is 13.5 Å². The van der Waals surface area contributed by atoms with Gasteiger partial charge < -0.3 is 5.11 Å². The van der Waals surface area contributed by atoms with Gasteiger partial charge in [-0.1, -0.05) is 84.4 Å². The van der Waals surface area contributed by atoms with Crippen LogP contribution in [0, 0.1) is 6.92 Å². The Labute approximate surface area is 177 Å². The third kappa shape index (κ3) is 3.87. The maximum absolute atomic E-state index is 13.8. The molecule has 0 fully saturated rings. The summed E-state index contributed by atoms with van der Waals surface area (Å²) in [4.78, 5) is 0.294. The Balaban J connectivity index is 1.95. The van der Waals surface area contributed by atoms with Crippen LogP contribution in [0.5, 0.6) is 5.75 Å². The van der Waals surface area contributed by atoms with Gasteiger partial charge in [0.2, 0.25) is 0 Å². The van der Waals surface area contributed by atoms with Crippen LogP contribution >= 0.6 is 0 Å². The van der Waals surface area contributed by atoms with Crippen LogP contribution in [0.15, 0.2) is 108 Å². The lowest BCUT2D eigenvalue weighted by atomic mass is 9.94. The topological polar surface area (TPSA) is 54.4 Å². The minimum atomic E-state index is -3.71. The van der Waals surface area contributed by atoms with Gasteiger partial charge in [-0.2, -0.15) is 0 Å². The van der Waals surface area contributed by atoms with Gasteiger partial charge in [0.1, 0.15) is 11.0 Å². The molecular formula is C26H22O3S. The van der Waals surface area contributed by atoms with E-state index >= 15 is 0 Å². The molecule has 3 nitrogen and oxygen atoms in total. The summed E-state index contributed by atoms with van der Waals surface area (Å²) in [5.74, 6) is 0.170. The molecule has 0 aliphatic carbocycles. The third-order valence-corrected chi connectivity index (χ3v) is 7.26. The van der Waals surface area contributed by atoms with Crippen molar-refractivity contribution in [1.82, 2.24) is 0 Å². The molecule has 0 amide bonds. The fourth-order valence-corrected chi connectivity index (χ4v) is 5.49. The molecule has 0 bridgehead atoms. The van der Waals surface area contributed by atoms with Gasteiger partial charge in [0.05, 0.1) is 4.90 Å². The summed E-state index contributed by atoms with van der Waals surface area (Å²) in [6.07, 6.45) is 0. The number of rotatable bonds is 5. The van der Waals surface area contributed by atoms with Crippen LogP contribution < -0.4 is 0 Å². The molecule has 4 heteroatoms. The summed E-state index contributed by atoms with van der Waals surface area (Å²) in [7, 11) is -3.71. The molecule has 0 aromatic heterocycles. The van der Waals surface area contributed by atoms with Crippen molar-refractivity contribution in [3.8, 4) is 16.9 Å². The lowest BCUT2D eigenvalue weighted by Gasteiger charge is -2.22. The van der Waals surface area contributed by atoms with Crippen molar-refractivity contribution in [2.45, 2.75) is 17.1 Å². The molecule has 1 unspecified atom stereocenters. The average molecular weight is 415 g/mol. The molecule has 30 heavy (non-hydrogen) atoms. The van der Waals surface area contributed by atoms with Crippen LogP contribution in [-0.2, 0) is 9.84 Å². The highest BCUT2D eigenvalue weighted by Gasteiger charge is 2.32. The van der Waals surface area contributed by atoms with E-state index in [1.165, 1.54) is 0 Å². The monoisotopic (exact) mass is 414 g/mol. The Morgan fingerprint density at radius 3 is 1.97 bits per heavy atom. The number of benzene rings is 4. The van der Waals surface area contributed by atoms with Crippen molar-refractivity contribution in [2.24, 2.45) is 0 Å². The van der Waals surface area contributed by atoms with Gasteiger partial charge in [0.25, 0.3) is 0 Å². The Hall–Kier alpha value is -3.37. The zero-order valence-electron chi connectivity index (χ0n) is 16.6. The summed E-state index contributed by atoms with van der Waals surface area (Å²) in [5.41, 5.74) is 4.10. The number of aromatic hydroxyl groups is 1. The second kappa shape index (κ2) is 8.17. The molecule has 1 N–H and O–H groups in total. The summed E-state index contributed by atoms with van der Waals surface area (Å²) in [6, 6.07) is 30.6. The lowest BCUT2D eigenvalue weighted by Crippen LogP contribution is -2.16. The molecule has 0 aliphatic rings. The molecule has 0 saturated heterocycles. The van der Waals surface area contributed by atoms with Crippen LogP contribution in [0.1, 0.15) is 21.9 Å². The largest absolute Gasteiger partial charge is 0.508 e. The molecule has 4 aromatic rings. The van der Waals surface area contributed by atoms with E-state index in [4.69, 9.17) is 0 Å². The summed E-state index contributed by atoms with van der Waals surface area (Å²) >= 11 is 0. The fraction of sp³-hybridized carbons (Fsp3) is 0.0769. The van der Waals surface area contributed by atoms with E-state index in [1.807, 2.05) is 73.7 Å². The molecule has 0 spiro atoms. The zero-order chi connectivity index (χ0) is 21.1. The van der Waals surface area contributed by atoms with Gasteiger partial charge >= 0.3 is 0 Å². The number of sulfone groups is 1. The summed E-state index contributed by atoms with van der Waals surface area (Å²) < 4.78 is 27.7. The van der Waals surface area contributed by atoms with E-state index in [1.54, 1.807) is 36.4 Å². The normalized spacial score (nSPS) is 12.4. The van der Waals surface area contributed by atoms with Crippen LogP contribution in [0.3, 0.4) is 0 Å². The number of hydrogen-bond donors (Lipinski definition) is 1. The van der Waals surface area contributed by atoms with E-state index < -0.39 is 15.1 Å². The Kier molecular flexibility index (Phi) is 5.42. The quantitative estimate of drug-likeness (QED) is 0.440. The standard InChI is InChI=1S/C26H22O3S/c1-19-11-17-23(18-12-19)30(28,29)26(21-7-3-2-4-8-21)25-10-6-5-9-24(25)20-13-15-22(27)16-14-20/h2-18,26-27H,1H3. The number of hydrogen-bond acceptors (Lipinski definition) is 3. The third-order valence-electron chi connectivity index (χ3n) is 5.18. The predicted octanol–water partition coefficient (Wildman–Crippen LogP) is 5.93. The van der Waals surface area contributed by atoms with E-state index in [2.05, 4.69) is 0 Å². The average Bonchev–Trinajstić information content (AvgIpc) is 2.76. The molecule has 150 valence electrons. The first-order valence-electron chi connectivity index (χ1n) is 9.70. The minimum absolute atomic E-state index is 0.170. The first-order chi connectivity index (χ1) is 14.5. The van der Waals surface area contributed by atoms with E-state index in [-0.39, 0.29) is 5.75 Å². The van der Waals surface area contributed by atoms with Gasteiger partial charge in [-0.15, -0.1) is 0 Å². The van der Waals surface area contributed by atoms with Crippen LogP contribution in [-0.4, -0.2) is 13.5 Å². The SMILES string of the molecule is Cc1ccc(S(=O)(=O)C(c2ccccc2)c2ccccc2-c2ccc(O)cc2)cc1. The molecule has 0 radical (unpaired) electrons. The van der Waals surface area contributed by atoms with Crippen LogP contribution in [0.2, 0.25) is 0 Å². The molecule has 1 atom stereocenters. The second-order valence-electron chi connectivity index (χ2n) is 7.28. The first-order valence-corrected chi connectivity index (χ1v) is 11.3. The van der Waals surface area contributed by atoms with Crippen LogP contribution in [0.25, 0.3) is 11.1 Å². The highest BCUT2D eigenvalue weighted by Crippen LogP contribution is 2.40. The minimum Gasteiger partial charge on any atom is -0.508 e. The van der Waals surface area contributed by atoms with Gasteiger partial charge in [-0.3, -0.25) is 0 Å². The van der Waals surface area contributed by atoms with Crippen molar-refractivity contribution >= 4 is 9.84 Å². The van der Waals surface area contributed by atoms with E-state index in [0.29, 0.717) is 16.0 Å². The fourth-order valence-electron chi connectivity index (χ4n) is 3.65. The van der Waals surface area contributed by atoms with Crippen molar-refractivity contribution in [3.63, 3.8) is 0 Å². The maximum atomic E-state index is 13.8. The lowest BCUT2D eigenvalue weighted by molar-refractivity contribution is 0.475. The summed E-state index contributed by atoms with van der Waals surface area (Å²) in [5, 5.41) is 8.81. The van der Waals surface area contributed by atoms with Crippen molar-refractivity contribution in [2.75, 3.05) is 0 Å². The molecule has 4 aromatic carbocycles. The van der Waals surface area contributed by atoms with Gasteiger partial charge in [0.15, 0.2) is 9.84 Å². The molecule has 0 heterocycles. The van der Waals surface area contributed by atoms with Gasteiger partial charge in [-0.25, -0.2) is 8.42 Å². The van der Waals surface area contributed by atoms with Crippen LogP contribution in [0.4, 0.5) is 0 Å². The predicted molar refractivity (Wildman–Crippen MR) is 120 cm³/mol. The van der Waals surface area contributed by atoms with Crippen molar-refractivity contribution in [3.05, 3.63) is 120 Å². The Morgan fingerprint density at radius 2 is 1.30 bits per heavy atom. The van der Waals surface area contributed by atoms with Crippen molar-refractivity contribution < 1.29 is 13.5 Å². The molecule has 0 saturated carbocycles.